The average molecular weight is 532 g/mol. The fourth-order valence-electron chi connectivity index (χ4n) is 4.31. The molecule has 10 heteroatoms. The predicted octanol–water partition coefficient (Wildman–Crippen LogP) is 6.85. The lowest BCUT2D eigenvalue weighted by atomic mass is 9.94. The highest BCUT2D eigenvalue weighted by Crippen LogP contribution is 2.40. The Morgan fingerprint density at radius 1 is 1.16 bits per heavy atom. The number of carbonyl (C=O) groups is 2. The van der Waals surface area contributed by atoms with Gasteiger partial charge in [-0.15, -0.1) is 0 Å². The molecule has 1 aromatic heterocycles. The van der Waals surface area contributed by atoms with E-state index in [1.165, 1.54) is 18.3 Å². The monoisotopic (exact) mass is 531 g/mol. The number of ether oxygens (including phenoxy) is 1. The Balaban J connectivity index is 1.77. The molecule has 0 radical (unpaired) electrons. The van der Waals surface area contributed by atoms with E-state index < -0.39 is 17.7 Å². The van der Waals surface area contributed by atoms with Gasteiger partial charge in [0.05, 0.1) is 23.4 Å². The standard InChI is InChI=1S/C27H25ClF3N3O3/c1-3-24(35)34-11-9-16(10-12-34)19-7-6-18(14-22(19)27(29,30)31)33-25-20-13-17(28)5-8-23(20)32-15-21(25)26(36)37-4-2/h5-9,13-15H,3-4,10-12H2,1-2H3,(H,32,33). The summed E-state index contributed by atoms with van der Waals surface area (Å²) in [5, 5.41) is 3.83. The fraction of sp³-hybridized carbons (Fsp3) is 0.296. The number of nitrogens with one attached hydrogen (secondary N) is 1. The van der Waals surface area contributed by atoms with Crippen LogP contribution in [0.4, 0.5) is 24.5 Å². The lowest BCUT2D eigenvalue weighted by Gasteiger charge is -2.27. The number of benzene rings is 2. The average Bonchev–Trinajstić information content (AvgIpc) is 2.88. The number of esters is 1. The van der Waals surface area contributed by atoms with Gasteiger partial charge in [-0.2, -0.15) is 13.2 Å². The number of fused-ring (bicyclic) bond motifs is 1. The Morgan fingerprint density at radius 3 is 2.59 bits per heavy atom. The third kappa shape index (κ3) is 5.72. The van der Waals surface area contributed by atoms with Crippen LogP contribution in [-0.4, -0.2) is 41.5 Å². The van der Waals surface area contributed by atoms with E-state index >= 15 is 0 Å². The van der Waals surface area contributed by atoms with Crippen molar-refractivity contribution in [2.75, 3.05) is 25.0 Å². The molecule has 0 saturated carbocycles. The number of pyridine rings is 1. The number of hydrogen-bond acceptors (Lipinski definition) is 5. The van der Waals surface area contributed by atoms with Crippen molar-refractivity contribution in [3.05, 3.63) is 70.4 Å². The molecule has 6 nitrogen and oxygen atoms in total. The second kappa shape index (κ2) is 10.8. The number of rotatable bonds is 6. The van der Waals surface area contributed by atoms with E-state index in [2.05, 4.69) is 10.3 Å². The van der Waals surface area contributed by atoms with Crippen molar-refractivity contribution in [1.82, 2.24) is 9.88 Å². The summed E-state index contributed by atoms with van der Waals surface area (Å²) in [6, 6.07) is 8.84. The van der Waals surface area contributed by atoms with Gasteiger partial charge in [-0.1, -0.05) is 30.7 Å². The van der Waals surface area contributed by atoms with E-state index in [-0.39, 0.29) is 41.6 Å². The van der Waals surface area contributed by atoms with E-state index in [1.807, 2.05) is 0 Å². The number of halogens is 4. The van der Waals surface area contributed by atoms with Crippen LogP contribution in [0.3, 0.4) is 0 Å². The smallest absolute Gasteiger partial charge is 0.417 e. The van der Waals surface area contributed by atoms with Gasteiger partial charge in [0.2, 0.25) is 5.91 Å². The van der Waals surface area contributed by atoms with Crippen molar-refractivity contribution >= 4 is 51.3 Å². The van der Waals surface area contributed by atoms with Gasteiger partial charge in [-0.05, 0) is 54.8 Å². The van der Waals surface area contributed by atoms with Crippen molar-refractivity contribution < 1.29 is 27.5 Å². The molecule has 0 atom stereocenters. The van der Waals surface area contributed by atoms with Crippen molar-refractivity contribution in [3.63, 3.8) is 0 Å². The molecule has 1 amide bonds. The molecule has 0 spiro atoms. The molecule has 3 aromatic rings. The molecule has 2 aromatic carbocycles. The predicted molar refractivity (Wildman–Crippen MR) is 137 cm³/mol. The lowest BCUT2D eigenvalue weighted by Crippen LogP contribution is -2.34. The van der Waals surface area contributed by atoms with Gasteiger partial charge in [0, 0.05) is 41.8 Å². The Hall–Kier alpha value is -3.59. The van der Waals surface area contributed by atoms with E-state index in [0.29, 0.717) is 40.9 Å². The van der Waals surface area contributed by atoms with Crippen LogP contribution in [0.5, 0.6) is 0 Å². The van der Waals surface area contributed by atoms with Crippen LogP contribution in [-0.2, 0) is 15.7 Å². The first kappa shape index (κ1) is 26.5. The molecule has 0 unspecified atom stereocenters. The first-order valence-corrected chi connectivity index (χ1v) is 12.2. The Bertz CT molecular complexity index is 1390. The summed E-state index contributed by atoms with van der Waals surface area (Å²) in [6.45, 7) is 4.16. The van der Waals surface area contributed by atoms with Crippen molar-refractivity contribution in [2.45, 2.75) is 32.9 Å². The Labute approximate surface area is 217 Å². The molecule has 1 aliphatic heterocycles. The second-order valence-corrected chi connectivity index (χ2v) is 8.92. The first-order valence-electron chi connectivity index (χ1n) is 11.8. The largest absolute Gasteiger partial charge is 0.462 e. The van der Waals surface area contributed by atoms with Crippen LogP contribution in [0.2, 0.25) is 5.02 Å². The van der Waals surface area contributed by atoms with Crippen molar-refractivity contribution in [1.29, 1.82) is 0 Å². The SMILES string of the molecule is CCOC(=O)c1cnc2ccc(Cl)cc2c1Nc1ccc(C2=CCN(C(=O)CC)CC2)c(C(F)(F)F)c1. The molecule has 0 saturated heterocycles. The highest BCUT2D eigenvalue weighted by molar-refractivity contribution is 6.31. The normalized spacial score (nSPS) is 13.9. The topological polar surface area (TPSA) is 71.5 Å². The van der Waals surface area contributed by atoms with E-state index in [4.69, 9.17) is 16.3 Å². The van der Waals surface area contributed by atoms with Gasteiger partial charge in [0.1, 0.15) is 5.56 Å². The molecule has 1 aliphatic rings. The third-order valence-electron chi connectivity index (χ3n) is 6.13. The molecular formula is C27H25ClF3N3O3. The maximum atomic E-state index is 14.2. The van der Waals surface area contributed by atoms with Crippen molar-refractivity contribution in [3.8, 4) is 0 Å². The van der Waals surface area contributed by atoms with Crippen LogP contribution in [0.1, 0.15) is 48.2 Å². The summed E-state index contributed by atoms with van der Waals surface area (Å²) < 4.78 is 47.7. The summed E-state index contributed by atoms with van der Waals surface area (Å²) in [6.07, 6.45) is -0.961. The molecule has 4 rings (SSSR count). The number of nitrogens with zero attached hydrogens (tertiary/aromatic N) is 2. The summed E-state index contributed by atoms with van der Waals surface area (Å²) in [5.74, 6) is -0.696. The molecule has 1 N–H and O–H groups in total. The highest BCUT2D eigenvalue weighted by Gasteiger charge is 2.35. The minimum Gasteiger partial charge on any atom is -0.462 e. The number of aromatic nitrogens is 1. The van der Waals surface area contributed by atoms with Gasteiger partial charge in [0.25, 0.3) is 0 Å². The Kier molecular flexibility index (Phi) is 7.73. The summed E-state index contributed by atoms with van der Waals surface area (Å²) >= 11 is 6.17. The minimum absolute atomic E-state index is 0.0343. The van der Waals surface area contributed by atoms with Gasteiger partial charge >= 0.3 is 12.1 Å². The number of alkyl halides is 3. The zero-order valence-electron chi connectivity index (χ0n) is 20.3. The van der Waals surface area contributed by atoms with E-state index in [9.17, 15) is 22.8 Å². The zero-order chi connectivity index (χ0) is 26.7. The fourth-order valence-corrected chi connectivity index (χ4v) is 4.48. The molecule has 37 heavy (non-hydrogen) atoms. The van der Waals surface area contributed by atoms with E-state index in [0.717, 1.165) is 6.07 Å². The molecule has 2 heterocycles. The van der Waals surface area contributed by atoms with Crippen LogP contribution in [0, 0.1) is 0 Å². The van der Waals surface area contributed by atoms with Crippen molar-refractivity contribution in [2.24, 2.45) is 0 Å². The minimum atomic E-state index is -4.63. The van der Waals surface area contributed by atoms with Gasteiger partial charge in [-0.25, -0.2) is 4.79 Å². The van der Waals surface area contributed by atoms with Crippen LogP contribution < -0.4 is 5.32 Å². The summed E-state index contributed by atoms with van der Waals surface area (Å²) in [5.41, 5.74) is 0.747. The van der Waals surface area contributed by atoms with Crippen LogP contribution >= 0.6 is 11.6 Å². The summed E-state index contributed by atoms with van der Waals surface area (Å²) in [7, 11) is 0. The second-order valence-electron chi connectivity index (χ2n) is 8.48. The molecule has 0 fully saturated rings. The Morgan fingerprint density at radius 2 is 1.95 bits per heavy atom. The number of anilines is 2. The van der Waals surface area contributed by atoms with Gasteiger partial charge in [0.15, 0.2) is 0 Å². The molecule has 0 aliphatic carbocycles. The zero-order valence-corrected chi connectivity index (χ0v) is 21.0. The molecule has 194 valence electrons. The maximum Gasteiger partial charge on any atom is 0.417 e. The third-order valence-corrected chi connectivity index (χ3v) is 6.37. The summed E-state index contributed by atoms with van der Waals surface area (Å²) in [4.78, 5) is 30.5. The number of carbonyl (C=O) groups excluding carboxylic acids is 2. The quantitative estimate of drug-likeness (QED) is 0.352. The van der Waals surface area contributed by atoms with Crippen LogP contribution in [0.25, 0.3) is 16.5 Å². The van der Waals surface area contributed by atoms with Gasteiger partial charge in [-0.3, -0.25) is 9.78 Å². The molecular weight excluding hydrogens is 507 g/mol. The number of hydrogen-bond donors (Lipinski definition) is 1. The number of amides is 1. The first-order chi connectivity index (χ1) is 17.6. The maximum absolute atomic E-state index is 14.2. The van der Waals surface area contributed by atoms with E-state index in [1.54, 1.807) is 43.0 Å². The van der Waals surface area contributed by atoms with Crippen LogP contribution in [0.15, 0.2) is 48.7 Å². The van der Waals surface area contributed by atoms with Gasteiger partial charge < -0.3 is 15.0 Å². The molecule has 0 bridgehead atoms. The highest BCUT2D eigenvalue weighted by atomic mass is 35.5. The lowest BCUT2D eigenvalue weighted by molar-refractivity contribution is -0.137.